The SMILES string of the molecule is Cc1cc(C)c(S(=O)(=O)N2CCC(C(=O)Nc3ccccc3Cn3cccn3)CC2)c(C)c1. The number of carbonyl (C=O) groups excluding carboxylic acids is 1. The molecule has 0 bridgehead atoms. The molecule has 0 unspecified atom stereocenters. The molecule has 174 valence electrons. The maximum atomic E-state index is 13.3. The standard InChI is InChI=1S/C25H30N4O3S/c1-18-15-19(2)24(20(3)16-18)33(31,32)29-13-9-21(10-14-29)25(30)27-23-8-5-4-7-22(23)17-28-12-6-11-26-28/h4-8,11-12,15-16,21H,9-10,13-14,17H2,1-3H3,(H,27,30). The van der Waals surface area contributed by atoms with E-state index in [1.165, 1.54) is 4.31 Å². The fourth-order valence-electron chi connectivity index (χ4n) is 4.64. The number of hydrogen-bond acceptors (Lipinski definition) is 4. The van der Waals surface area contributed by atoms with Crippen molar-refractivity contribution >= 4 is 21.6 Å². The van der Waals surface area contributed by atoms with Gasteiger partial charge in [-0.15, -0.1) is 0 Å². The predicted octanol–water partition coefficient (Wildman–Crippen LogP) is 3.90. The Morgan fingerprint density at radius 2 is 1.73 bits per heavy atom. The number of carbonyl (C=O) groups is 1. The molecule has 4 rings (SSSR count). The van der Waals surface area contributed by atoms with Gasteiger partial charge in [-0.25, -0.2) is 8.42 Å². The maximum absolute atomic E-state index is 13.3. The summed E-state index contributed by atoms with van der Waals surface area (Å²) in [4.78, 5) is 13.4. The van der Waals surface area contributed by atoms with Crippen molar-refractivity contribution in [2.24, 2.45) is 5.92 Å². The van der Waals surface area contributed by atoms with Crippen LogP contribution in [0.4, 0.5) is 5.69 Å². The Balaban J connectivity index is 1.42. The average molecular weight is 467 g/mol. The van der Waals surface area contributed by atoms with E-state index in [1.54, 1.807) is 6.20 Å². The molecule has 0 atom stereocenters. The number of anilines is 1. The average Bonchev–Trinajstić information content (AvgIpc) is 3.27. The molecular weight excluding hydrogens is 436 g/mol. The van der Waals surface area contributed by atoms with Gasteiger partial charge in [0, 0.05) is 37.1 Å². The normalized spacial score (nSPS) is 15.5. The van der Waals surface area contributed by atoms with Crippen LogP contribution < -0.4 is 5.32 Å². The highest BCUT2D eigenvalue weighted by molar-refractivity contribution is 7.89. The summed E-state index contributed by atoms with van der Waals surface area (Å²) in [7, 11) is -3.59. The van der Waals surface area contributed by atoms with Crippen LogP contribution in [-0.2, 0) is 21.4 Å². The second-order valence-corrected chi connectivity index (χ2v) is 10.6. The van der Waals surface area contributed by atoms with E-state index in [9.17, 15) is 13.2 Å². The van der Waals surface area contributed by atoms with E-state index in [0.29, 0.717) is 37.4 Å². The number of nitrogens with one attached hydrogen (secondary N) is 1. The number of nitrogens with zero attached hydrogens (tertiary/aromatic N) is 3. The van der Waals surface area contributed by atoms with E-state index < -0.39 is 10.0 Å². The monoisotopic (exact) mass is 466 g/mol. The molecular formula is C25H30N4O3S. The van der Waals surface area contributed by atoms with Crippen molar-refractivity contribution < 1.29 is 13.2 Å². The maximum Gasteiger partial charge on any atom is 0.243 e. The Bertz CT molecular complexity index is 1220. The summed E-state index contributed by atoms with van der Waals surface area (Å²) in [6.45, 7) is 6.88. The number of sulfonamides is 1. The van der Waals surface area contributed by atoms with Crippen LogP contribution in [0.25, 0.3) is 0 Å². The van der Waals surface area contributed by atoms with Gasteiger partial charge in [-0.05, 0) is 62.4 Å². The molecule has 0 spiro atoms. The highest BCUT2D eigenvalue weighted by atomic mass is 32.2. The van der Waals surface area contributed by atoms with Gasteiger partial charge in [0.15, 0.2) is 0 Å². The third-order valence-electron chi connectivity index (χ3n) is 6.19. The Morgan fingerprint density at radius 3 is 2.36 bits per heavy atom. The zero-order valence-corrected chi connectivity index (χ0v) is 20.1. The zero-order chi connectivity index (χ0) is 23.6. The number of hydrogen-bond donors (Lipinski definition) is 1. The smallest absolute Gasteiger partial charge is 0.243 e. The van der Waals surface area contributed by atoms with E-state index in [-0.39, 0.29) is 11.8 Å². The van der Waals surface area contributed by atoms with E-state index >= 15 is 0 Å². The molecule has 1 aromatic heterocycles. The second-order valence-electron chi connectivity index (χ2n) is 8.76. The molecule has 2 aromatic carbocycles. The number of benzene rings is 2. The Morgan fingerprint density at radius 1 is 1.06 bits per heavy atom. The van der Waals surface area contributed by atoms with Gasteiger partial charge < -0.3 is 5.32 Å². The van der Waals surface area contributed by atoms with Crippen molar-refractivity contribution in [3.05, 3.63) is 77.1 Å². The largest absolute Gasteiger partial charge is 0.326 e. The van der Waals surface area contributed by atoms with Crippen LogP contribution in [0.1, 0.15) is 35.1 Å². The number of rotatable bonds is 6. The minimum absolute atomic E-state index is 0.0670. The van der Waals surface area contributed by atoms with Gasteiger partial charge in [0.2, 0.25) is 15.9 Å². The van der Waals surface area contributed by atoms with E-state index in [0.717, 1.165) is 27.9 Å². The number of piperidine rings is 1. The number of aryl methyl sites for hydroxylation is 3. The predicted molar refractivity (Wildman–Crippen MR) is 129 cm³/mol. The summed E-state index contributed by atoms with van der Waals surface area (Å²) >= 11 is 0. The Kier molecular flexibility index (Phi) is 6.67. The minimum Gasteiger partial charge on any atom is -0.326 e. The molecule has 1 amide bonds. The molecule has 0 aliphatic carbocycles. The van der Waals surface area contributed by atoms with Crippen molar-refractivity contribution in [3.8, 4) is 0 Å². The van der Waals surface area contributed by atoms with Crippen molar-refractivity contribution in [2.45, 2.75) is 45.1 Å². The molecule has 33 heavy (non-hydrogen) atoms. The van der Waals surface area contributed by atoms with E-state index in [2.05, 4.69) is 10.4 Å². The fraction of sp³-hybridized carbons (Fsp3) is 0.360. The summed E-state index contributed by atoms with van der Waals surface area (Å²) in [5.41, 5.74) is 4.31. The van der Waals surface area contributed by atoms with Gasteiger partial charge in [0.25, 0.3) is 0 Å². The summed E-state index contributed by atoms with van der Waals surface area (Å²) in [5.74, 6) is -0.294. The molecule has 7 nitrogen and oxygen atoms in total. The van der Waals surface area contributed by atoms with Gasteiger partial charge in [0.05, 0.1) is 11.4 Å². The van der Waals surface area contributed by atoms with Crippen LogP contribution in [0.15, 0.2) is 59.8 Å². The zero-order valence-electron chi connectivity index (χ0n) is 19.3. The Labute approximate surface area is 195 Å². The first-order chi connectivity index (χ1) is 15.8. The van der Waals surface area contributed by atoms with Crippen LogP contribution in [0.5, 0.6) is 0 Å². The summed E-state index contributed by atoms with van der Waals surface area (Å²) in [6.07, 6.45) is 4.60. The lowest BCUT2D eigenvalue weighted by atomic mass is 9.97. The van der Waals surface area contributed by atoms with Crippen molar-refractivity contribution in [1.82, 2.24) is 14.1 Å². The van der Waals surface area contributed by atoms with Crippen LogP contribution in [-0.4, -0.2) is 41.5 Å². The van der Waals surface area contributed by atoms with Gasteiger partial charge in [-0.2, -0.15) is 9.40 Å². The highest BCUT2D eigenvalue weighted by Crippen LogP contribution is 2.29. The molecule has 2 heterocycles. The lowest BCUT2D eigenvalue weighted by molar-refractivity contribution is -0.120. The van der Waals surface area contributed by atoms with Crippen LogP contribution in [0.2, 0.25) is 0 Å². The van der Waals surface area contributed by atoms with Crippen molar-refractivity contribution in [1.29, 1.82) is 0 Å². The molecule has 0 radical (unpaired) electrons. The number of para-hydroxylation sites is 1. The van der Waals surface area contributed by atoms with Crippen LogP contribution >= 0.6 is 0 Å². The van der Waals surface area contributed by atoms with Crippen LogP contribution in [0.3, 0.4) is 0 Å². The third kappa shape index (κ3) is 5.02. The molecule has 1 fully saturated rings. The van der Waals surface area contributed by atoms with Crippen molar-refractivity contribution in [3.63, 3.8) is 0 Å². The first kappa shape index (κ1) is 23.2. The number of aromatic nitrogens is 2. The first-order valence-electron chi connectivity index (χ1n) is 11.2. The second kappa shape index (κ2) is 9.49. The minimum atomic E-state index is -3.59. The third-order valence-corrected chi connectivity index (χ3v) is 8.40. The molecule has 1 aliphatic heterocycles. The summed E-state index contributed by atoms with van der Waals surface area (Å²) in [5, 5.41) is 7.29. The number of amides is 1. The van der Waals surface area contributed by atoms with Gasteiger partial charge in [-0.1, -0.05) is 35.9 Å². The highest BCUT2D eigenvalue weighted by Gasteiger charge is 2.33. The molecule has 8 heteroatoms. The molecule has 1 aliphatic rings. The Hall–Kier alpha value is -2.97. The molecule has 1 saturated heterocycles. The fourth-order valence-corrected chi connectivity index (χ4v) is 6.53. The van der Waals surface area contributed by atoms with Crippen LogP contribution in [0, 0.1) is 26.7 Å². The quantitative estimate of drug-likeness (QED) is 0.597. The molecule has 0 saturated carbocycles. The van der Waals surface area contributed by atoms with Gasteiger partial charge in [0.1, 0.15) is 0 Å². The van der Waals surface area contributed by atoms with Gasteiger partial charge in [-0.3, -0.25) is 9.48 Å². The molecule has 3 aromatic rings. The molecule has 1 N–H and O–H groups in total. The van der Waals surface area contributed by atoms with Crippen molar-refractivity contribution in [2.75, 3.05) is 18.4 Å². The topological polar surface area (TPSA) is 84.3 Å². The lowest BCUT2D eigenvalue weighted by Gasteiger charge is -2.31. The van der Waals surface area contributed by atoms with Gasteiger partial charge >= 0.3 is 0 Å². The summed E-state index contributed by atoms with van der Waals surface area (Å²) in [6, 6.07) is 13.4. The summed E-state index contributed by atoms with van der Waals surface area (Å²) < 4.78 is 30.0. The van der Waals surface area contributed by atoms with E-state index in [4.69, 9.17) is 0 Å². The van der Waals surface area contributed by atoms with E-state index in [1.807, 2.05) is 74.1 Å². The first-order valence-corrected chi connectivity index (χ1v) is 12.6. The lowest BCUT2D eigenvalue weighted by Crippen LogP contribution is -2.41.